The first-order chi connectivity index (χ1) is 6.02. The number of carboxylic acid groups (broad SMARTS) is 1. The maximum absolute atomic E-state index is 10.9. The fourth-order valence-corrected chi connectivity index (χ4v) is 1.91. The highest BCUT2D eigenvalue weighted by Gasteiger charge is 2.51. The van der Waals surface area contributed by atoms with Crippen LogP contribution >= 0.6 is 0 Å². The molecular formula is C11H22O4. The minimum atomic E-state index is -0.866. The van der Waals surface area contributed by atoms with Crippen molar-refractivity contribution in [2.24, 2.45) is 5.92 Å². The zero-order chi connectivity index (χ0) is 10.1. The normalized spacial score (nSPS) is 28.0. The first-order valence-corrected chi connectivity index (χ1v) is 4.29. The molecule has 0 radical (unpaired) electrons. The van der Waals surface area contributed by atoms with Crippen LogP contribution in [0.4, 0.5) is 0 Å². The molecule has 1 rings (SSSR count). The number of carbonyl (C=O) groups excluding carboxylic acids is 1. The summed E-state index contributed by atoms with van der Waals surface area (Å²) in [4.78, 5) is 21.7. The molecule has 90 valence electrons. The fourth-order valence-electron chi connectivity index (χ4n) is 1.91. The van der Waals surface area contributed by atoms with Crippen LogP contribution in [0.5, 0.6) is 0 Å². The van der Waals surface area contributed by atoms with Gasteiger partial charge in [-0.3, -0.25) is 9.59 Å². The van der Waals surface area contributed by atoms with Crippen LogP contribution in [0.2, 0.25) is 0 Å². The predicted octanol–water partition coefficient (Wildman–Crippen LogP) is 2.12. The zero-order valence-electron chi connectivity index (χ0n) is 7.87. The summed E-state index contributed by atoms with van der Waals surface area (Å²) >= 11 is 0. The number of rotatable bonds is 4. The molecule has 0 aliphatic heterocycles. The minimum Gasteiger partial charge on any atom is -0.481 e. The van der Waals surface area contributed by atoms with Crippen molar-refractivity contribution >= 4 is 11.8 Å². The second-order valence-corrected chi connectivity index (χ2v) is 3.58. The van der Waals surface area contributed by atoms with E-state index in [-0.39, 0.29) is 27.1 Å². The molecule has 0 bridgehead atoms. The Balaban J connectivity index is 0. The number of ether oxygens (including phenoxy) is 1. The van der Waals surface area contributed by atoms with Gasteiger partial charge in [0, 0.05) is 13.5 Å². The molecule has 0 aromatic rings. The predicted molar refractivity (Wildman–Crippen MR) is 58.9 cm³/mol. The van der Waals surface area contributed by atoms with Gasteiger partial charge in [-0.05, 0) is 19.8 Å². The topological polar surface area (TPSA) is 63.6 Å². The van der Waals surface area contributed by atoms with E-state index in [0.717, 1.165) is 0 Å². The number of carboxylic acids is 1. The molecule has 0 aromatic carbocycles. The molecule has 0 aromatic heterocycles. The average Bonchev–Trinajstić information content (AvgIpc) is 1.96. The average molecular weight is 218 g/mol. The van der Waals surface area contributed by atoms with E-state index in [1.54, 1.807) is 0 Å². The first kappa shape index (κ1) is 16.5. The van der Waals surface area contributed by atoms with Crippen LogP contribution in [0.25, 0.3) is 0 Å². The number of hydrogen-bond donors (Lipinski definition) is 1. The zero-order valence-corrected chi connectivity index (χ0v) is 7.87. The smallest absolute Gasteiger partial charge is 0.309 e. The van der Waals surface area contributed by atoms with Crippen molar-refractivity contribution in [3.05, 3.63) is 0 Å². The third kappa shape index (κ3) is 3.02. The summed E-state index contributed by atoms with van der Waals surface area (Å²) in [6, 6.07) is 0. The van der Waals surface area contributed by atoms with Gasteiger partial charge >= 0.3 is 5.97 Å². The van der Waals surface area contributed by atoms with Crippen LogP contribution in [-0.2, 0) is 14.3 Å². The van der Waals surface area contributed by atoms with Gasteiger partial charge in [-0.25, -0.2) is 0 Å². The Hall–Kier alpha value is -0.900. The van der Waals surface area contributed by atoms with Gasteiger partial charge in [0.2, 0.25) is 0 Å². The summed E-state index contributed by atoms with van der Waals surface area (Å²) in [7, 11) is 1.47. The molecule has 0 amide bonds. The number of aliphatic carboxylic acids is 1. The number of methoxy groups -OCH3 is 1. The second-order valence-electron chi connectivity index (χ2n) is 3.58. The molecule has 2 atom stereocenters. The molecule has 1 N–H and O–H groups in total. The molecule has 1 fully saturated rings. The van der Waals surface area contributed by atoms with Gasteiger partial charge in [0.25, 0.3) is 0 Å². The molecule has 1 saturated carbocycles. The summed E-state index contributed by atoms with van der Waals surface area (Å²) in [6.45, 7) is 1.46. The Morgan fingerprint density at radius 3 is 2.20 bits per heavy atom. The van der Waals surface area contributed by atoms with E-state index in [1.807, 2.05) is 0 Å². The second kappa shape index (κ2) is 5.85. The Kier molecular flexibility index (Phi) is 6.45. The van der Waals surface area contributed by atoms with E-state index in [2.05, 4.69) is 0 Å². The number of carbonyl (C=O) groups is 2. The number of Topliss-reactive ketones (excluding diaryl/α,β-unsaturated/α-hetero) is 1. The monoisotopic (exact) mass is 218 g/mol. The summed E-state index contributed by atoms with van der Waals surface area (Å²) in [6.07, 6.45) is 1.48. The lowest BCUT2D eigenvalue weighted by molar-refractivity contribution is -0.176. The van der Waals surface area contributed by atoms with Gasteiger partial charge < -0.3 is 9.84 Å². The number of hydrogen-bond acceptors (Lipinski definition) is 3. The summed E-state index contributed by atoms with van der Waals surface area (Å²) in [5.74, 6) is -1.40. The van der Waals surface area contributed by atoms with Crippen molar-refractivity contribution < 1.29 is 19.4 Å². The lowest BCUT2D eigenvalue weighted by Crippen LogP contribution is -2.53. The quantitative estimate of drug-likeness (QED) is 0.785. The van der Waals surface area contributed by atoms with Crippen molar-refractivity contribution in [3.8, 4) is 0 Å². The fraction of sp³-hybridized carbons (Fsp3) is 0.818. The molecule has 4 nitrogen and oxygen atoms in total. The maximum atomic E-state index is 10.9. The molecular weight excluding hydrogens is 196 g/mol. The Morgan fingerprint density at radius 1 is 1.47 bits per heavy atom. The molecule has 0 spiro atoms. The van der Waals surface area contributed by atoms with Crippen LogP contribution in [-0.4, -0.2) is 29.6 Å². The summed E-state index contributed by atoms with van der Waals surface area (Å²) in [5.41, 5.74) is -0.725. The van der Waals surface area contributed by atoms with Crippen molar-refractivity contribution in [2.45, 2.75) is 46.6 Å². The van der Waals surface area contributed by atoms with Gasteiger partial charge in [-0.1, -0.05) is 14.9 Å². The maximum Gasteiger partial charge on any atom is 0.309 e. The van der Waals surface area contributed by atoms with Crippen LogP contribution < -0.4 is 0 Å². The molecule has 4 heteroatoms. The first-order valence-electron chi connectivity index (χ1n) is 4.29. The highest BCUT2D eigenvalue weighted by atomic mass is 16.5. The largest absolute Gasteiger partial charge is 0.481 e. The van der Waals surface area contributed by atoms with Gasteiger partial charge in [0.05, 0.1) is 11.5 Å². The van der Waals surface area contributed by atoms with Crippen molar-refractivity contribution in [3.63, 3.8) is 0 Å². The highest BCUT2D eigenvalue weighted by Crippen LogP contribution is 2.44. The van der Waals surface area contributed by atoms with E-state index in [0.29, 0.717) is 12.8 Å². The lowest BCUT2D eigenvalue weighted by atomic mass is 9.67. The highest BCUT2D eigenvalue weighted by molar-refractivity contribution is 5.80. The van der Waals surface area contributed by atoms with E-state index < -0.39 is 17.5 Å². The Bertz CT molecular complexity index is 233. The van der Waals surface area contributed by atoms with E-state index >= 15 is 0 Å². The molecule has 1 aliphatic rings. The van der Waals surface area contributed by atoms with Crippen LogP contribution in [0.15, 0.2) is 0 Å². The molecule has 0 saturated heterocycles. The minimum absolute atomic E-state index is 0. The Labute approximate surface area is 91.6 Å². The lowest BCUT2D eigenvalue weighted by Gasteiger charge is -2.45. The summed E-state index contributed by atoms with van der Waals surface area (Å²) < 4.78 is 5.16. The van der Waals surface area contributed by atoms with E-state index in [4.69, 9.17) is 9.84 Å². The van der Waals surface area contributed by atoms with Crippen molar-refractivity contribution in [2.75, 3.05) is 7.11 Å². The van der Waals surface area contributed by atoms with Gasteiger partial charge in [-0.2, -0.15) is 0 Å². The standard InChI is InChI=1S/C9H14O4.2CH4/c1-6(10)5-9(13-2)4-3-7(9)8(11)12;;/h7H,3-5H2,1-2H3,(H,11,12);2*1H4. The third-order valence-corrected chi connectivity index (χ3v) is 2.74. The SMILES string of the molecule is C.C.COC1(CC(C)=O)CCC1C(=O)O. The summed E-state index contributed by atoms with van der Waals surface area (Å²) in [5, 5.41) is 8.82. The van der Waals surface area contributed by atoms with Crippen LogP contribution in [0.3, 0.4) is 0 Å². The third-order valence-electron chi connectivity index (χ3n) is 2.74. The molecule has 15 heavy (non-hydrogen) atoms. The van der Waals surface area contributed by atoms with Crippen LogP contribution in [0, 0.1) is 5.92 Å². The number of ketones is 1. The molecule has 1 aliphatic carbocycles. The van der Waals surface area contributed by atoms with Gasteiger partial charge in [-0.15, -0.1) is 0 Å². The molecule has 0 heterocycles. The molecule has 2 unspecified atom stereocenters. The van der Waals surface area contributed by atoms with E-state index in [9.17, 15) is 9.59 Å². The van der Waals surface area contributed by atoms with Crippen molar-refractivity contribution in [1.29, 1.82) is 0 Å². The van der Waals surface area contributed by atoms with Gasteiger partial charge in [0.1, 0.15) is 5.78 Å². The van der Waals surface area contributed by atoms with E-state index in [1.165, 1.54) is 14.0 Å². The Morgan fingerprint density at radius 2 is 2.00 bits per heavy atom. The van der Waals surface area contributed by atoms with Crippen molar-refractivity contribution in [1.82, 2.24) is 0 Å². The van der Waals surface area contributed by atoms with Gasteiger partial charge in [0.15, 0.2) is 0 Å². The van der Waals surface area contributed by atoms with Crippen LogP contribution in [0.1, 0.15) is 41.0 Å².